The molecule has 0 saturated heterocycles. The smallest absolute Gasteiger partial charge is 0.416 e. The topological polar surface area (TPSA) is 55.2 Å². The number of hydrogen-bond acceptors (Lipinski definition) is 6. The molecule has 4 rings (SSSR count). The molecule has 1 N–H and O–H groups in total. The standard InChI is InChI=1S/C19H12F3N3O2S3.C6H15N/c1-27-13-8-3-2-7-12(13)25-16(26)14-15(23-17(25)28)24(18(29)30-14)11-6-4-5-10(9-11)19(20,21)22;1-4-7(5-2)6-3/h2-9H,1H3,(H,23,28);4-6H2,1-3H3. The first-order chi connectivity index (χ1) is 17.6. The predicted molar refractivity (Wildman–Crippen MR) is 148 cm³/mol. The van der Waals surface area contributed by atoms with E-state index in [1.54, 1.807) is 24.3 Å². The highest BCUT2D eigenvalue weighted by molar-refractivity contribution is 7.73. The second kappa shape index (κ2) is 12.2. The number of halogens is 3. The monoisotopic (exact) mass is 568 g/mol. The lowest BCUT2D eigenvalue weighted by atomic mass is 10.2. The van der Waals surface area contributed by atoms with Crippen LogP contribution in [0.15, 0.2) is 53.3 Å². The lowest BCUT2D eigenvalue weighted by Crippen LogP contribution is -2.21. The van der Waals surface area contributed by atoms with E-state index in [1.807, 2.05) is 0 Å². The highest BCUT2D eigenvalue weighted by Gasteiger charge is 2.30. The van der Waals surface area contributed by atoms with Gasteiger partial charge in [-0.2, -0.15) is 13.2 Å². The molecule has 0 amide bonds. The van der Waals surface area contributed by atoms with Gasteiger partial charge in [0.2, 0.25) is 0 Å². The Kier molecular flexibility index (Phi) is 9.46. The molecule has 2 aromatic heterocycles. The number of methoxy groups -OCH3 is 1. The number of alkyl halides is 3. The van der Waals surface area contributed by atoms with E-state index in [0.29, 0.717) is 11.4 Å². The summed E-state index contributed by atoms with van der Waals surface area (Å²) in [6.07, 6.45) is -4.51. The average Bonchev–Trinajstić information content (AvgIpc) is 3.21. The summed E-state index contributed by atoms with van der Waals surface area (Å²) in [6.45, 7) is 10.1. The summed E-state index contributed by atoms with van der Waals surface area (Å²) in [6, 6.07) is 11.6. The van der Waals surface area contributed by atoms with Crippen LogP contribution >= 0.6 is 35.8 Å². The van der Waals surface area contributed by atoms with Crippen LogP contribution < -0.4 is 10.3 Å². The van der Waals surface area contributed by atoms with E-state index in [2.05, 4.69) is 30.7 Å². The number of nitrogens with one attached hydrogen (secondary N) is 1. The van der Waals surface area contributed by atoms with Gasteiger partial charge in [-0.15, -0.1) is 0 Å². The minimum Gasteiger partial charge on any atom is -0.495 e. The van der Waals surface area contributed by atoms with Gasteiger partial charge in [0.25, 0.3) is 5.56 Å². The van der Waals surface area contributed by atoms with Crippen LogP contribution in [-0.2, 0) is 6.18 Å². The molecule has 37 heavy (non-hydrogen) atoms. The number of nitrogens with zero attached hydrogens (tertiary/aromatic N) is 3. The summed E-state index contributed by atoms with van der Waals surface area (Å²) in [5.74, 6) is 0.444. The molecule has 12 heteroatoms. The lowest BCUT2D eigenvalue weighted by Gasteiger charge is -2.13. The predicted octanol–water partition coefficient (Wildman–Crippen LogP) is 7.01. The van der Waals surface area contributed by atoms with E-state index in [-0.39, 0.29) is 24.8 Å². The Labute approximate surface area is 226 Å². The molecule has 2 aromatic carbocycles. The fourth-order valence-electron chi connectivity index (χ4n) is 3.74. The average molecular weight is 569 g/mol. The Morgan fingerprint density at radius 3 is 2.22 bits per heavy atom. The van der Waals surface area contributed by atoms with Gasteiger partial charge in [-0.1, -0.05) is 50.3 Å². The summed E-state index contributed by atoms with van der Waals surface area (Å²) in [7, 11) is 1.48. The zero-order valence-corrected chi connectivity index (χ0v) is 23.2. The van der Waals surface area contributed by atoms with Crippen LogP contribution in [0, 0.1) is 8.73 Å². The number of benzene rings is 2. The Hall–Kier alpha value is -2.80. The van der Waals surface area contributed by atoms with Crippen molar-refractivity contribution in [3.8, 4) is 17.1 Å². The van der Waals surface area contributed by atoms with Crippen molar-refractivity contribution in [2.24, 2.45) is 0 Å². The van der Waals surface area contributed by atoms with Crippen LogP contribution in [0.4, 0.5) is 13.2 Å². The third kappa shape index (κ3) is 6.20. The molecule has 0 saturated carbocycles. The number of rotatable bonds is 6. The van der Waals surface area contributed by atoms with Crippen molar-refractivity contribution in [2.75, 3.05) is 26.7 Å². The van der Waals surface area contributed by atoms with Crippen molar-refractivity contribution in [3.63, 3.8) is 0 Å². The molecule has 0 fully saturated rings. The summed E-state index contributed by atoms with van der Waals surface area (Å²) >= 11 is 11.7. The number of para-hydroxylation sites is 2. The third-order valence-electron chi connectivity index (χ3n) is 5.74. The summed E-state index contributed by atoms with van der Waals surface area (Å²) in [5.41, 5.74) is -0.396. The van der Waals surface area contributed by atoms with Gasteiger partial charge in [0.15, 0.2) is 8.73 Å². The highest BCUT2D eigenvalue weighted by atomic mass is 32.1. The van der Waals surface area contributed by atoms with Crippen LogP contribution in [0.25, 0.3) is 21.7 Å². The number of fused-ring (bicyclic) bond motifs is 1. The molecular formula is C25H27F3N4O2S3. The number of ether oxygens (including phenoxy) is 1. The Balaban J connectivity index is 0.000000479. The molecule has 0 unspecified atom stereocenters. The van der Waals surface area contributed by atoms with E-state index in [4.69, 9.17) is 29.2 Å². The van der Waals surface area contributed by atoms with Crippen molar-refractivity contribution in [2.45, 2.75) is 26.9 Å². The van der Waals surface area contributed by atoms with Crippen LogP contribution in [0.5, 0.6) is 5.75 Å². The van der Waals surface area contributed by atoms with Gasteiger partial charge in [-0.3, -0.25) is 9.36 Å². The molecule has 0 aliphatic heterocycles. The molecule has 2 heterocycles. The van der Waals surface area contributed by atoms with Gasteiger partial charge in [-0.05, 0) is 74.4 Å². The molecule has 0 bridgehead atoms. The fraction of sp³-hybridized carbons (Fsp3) is 0.320. The van der Waals surface area contributed by atoms with Gasteiger partial charge in [0.1, 0.15) is 16.1 Å². The maximum absolute atomic E-state index is 13.2. The van der Waals surface area contributed by atoms with Gasteiger partial charge in [-0.25, -0.2) is 4.57 Å². The van der Waals surface area contributed by atoms with Crippen molar-refractivity contribution < 1.29 is 17.9 Å². The maximum Gasteiger partial charge on any atom is 0.416 e. The normalized spacial score (nSPS) is 11.5. The molecule has 0 aliphatic carbocycles. The third-order valence-corrected chi connectivity index (χ3v) is 7.38. The van der Waals surface area contributed by atoms with E-state index in [9.17, 15) is 18.0 Å². The molecular weight excluding hydrogens is 541 g/mol. The quantitative estimate of drug-likeness (QED) is 0.254. The van der Waals surface area contributed by atoms with E-state index in [0.717, 1.165) is 23.5 Å². The lowest BCUT2D eigenvalue weighted by molar-refractivity contribution is -0.137. The molecule has 198 valence electrons. The molecule has 0 radical (unpaired) electrons. The Bertz CT molecular complexity index is 1540. The van der Waals surface area contributed by atoms with Gasteiger partial charge >= 0.3 is 6.18 Å². The summed E-state index contributed by atoms with van der Waals surface area (Å²) in [5, 5.41) is 0. The molecule has 0 aliphatic rings. The van der Waals surface area contributed by atoms with Gasteiger partial charge < -0.3 is 14.6 Å². The molecule has 0 atom stereocenters. The first kappa shape index (κ1) is 28.8. The minimum atomic E-state index is -4.51. The zero-order valence-electron chi connectivity index (χ0n) is 20.8. The van der Waals surface area contributed by atoms with Crippen molar-refractivity contribution in [1.82, 2.24) is 19.0 Å². The Morgan fingerprint density at radius 1 is 1.00 bits per heavy atom. The first-order valence-corrected chi connectivity index (χ1v) is 13.1. The number of aromatic nitrogens is 3. The summed E-state index contributed by atoms with van der Waals surface area (Å²) in [4.78, 5) is 18.6. The van der Waals surface area contributed by atoms with Gasteiger partial charge in [0.05, 0.1) is 18.4 Å². The second-order valence-electron chi connectivity index (χ2n) is 7.79. The number of aromatic amines is 1. The van der Waals surface area contributed by atoms with Crippen LogP contribution in [-0.4, -0.2) is 45.8 Å². The van der Waals surface area contributed by atoms with E-state index in [1.165, 1.54) is 48.0 Å². The maximum atomic E-state index is 13.2. The Morgan fingerprint density at radius 2 is 1.65 bits per heavy atom. The first-order valence-electron chi connectivity index (χ1n) is 11.5. The molecule has 0 spiro atoms. The number of thiazole rings is 1. The van der Waals surface area contributed by atoms with Crippen LogP contribution in [0.3, 0.4) is 0 Å². The van der Waals surface area contributed by atoms with E-state index >= 15 is 0 Å². The van der Waals surface area contributed by atoms with Crippen molar-refractivity contribution in [3.05, 3.63) is 73.2 Å². The highest BCUT2D eigenvalue weighted by Crippen LogP contribution is 2.32. The van der Waals surface area contributed by atoms with Crippen LogP contribution in [0.1, 0.15) is 26.3 Å². The van der Waals surface area contributed by atoms with Crippen LogP contribution in [0.2, 0.25) is 0 Å². The van der Waals surface area contributed by atoms with Crippen molar-refractivity contribution in [1.29, 1.82) is 0 Å². The zero-order chi connectivity index (χ0) is 27.3. The molecule has 6 nitrogen and oxygen atoms in total. The largest absolute Gasteiger partial charge is 0.495 e. The second-order valence-corrected chi connectivity index (χ2v) is 9.82. The number of H-pyrrole nitrogens is 1. The minimum absolute atomic E-state index is 0.0607. The van der Waals surface area contributed by atoms with E-state index < -0.39 is 17.3 Å². The summed E-state index contributed by atoms with van der Waals surface area (Å²) < 4.78 is 47.9. The number of hydrogen-bond donors (Lipinski definition) is 1. The molecule has 4 aromatic rings. The SMILES string of the molecule is CCN(CC)CC.COc1ccccc1-n1c(=S)[nH]c2c(sc(=S)n2-c2cccc(C(F)(F)F)c2)c1=O. The van der Waals surface area contributed by atoms with Crippen molar-refractivity contribution >= 4 is 46.1 Å². The van der Waals surface area contributed by atoms with Gasteiger partial charge in [0, 0.05) is 5.69 Å². The fourth-order valence-corrected chi connectivity index (χ4v) is 5.35.